The molecule has 2 aliphatic rings. The van der Waals surface area contributed by atoms with Crippen LogP contribution in [0.2, 0.25) is 0 Å². The van der Waals surface area contributed by atoms with Gasteiger partial charge < -0.3 is 10.6 Å². The van der Waals surface area contributed by atoms with Crippen molar-refractivity contribution in [1.29, 1.82) is 0 Å². The highest BCUT2D eigenvalue weighted by atomic mass is 16.1. The highest BCUT2D eigenvalue weighted by molar-refractivity contribution is 5.46. The predicted molar refractivity (Wildman–Crippen MR) is 51.4 cm³/mol. The summed E-state index contributed by atoms with van der Waals surface area (Å²) in [6.07, 6.45) is 8.30. The van der Waals surface area contributed by atoms with Crippen molar-refractivity contribution in [2.24, 2.45) is 0 Å². The van der Waals surface area contributed by atoms with Crippen LogP contribution in [-0.4, -0.2) is 24.5 Å². The van der Waals surface area contributed by atoms with Gasteiger partial charge in [0.25, 0.3) is 0 Å². The largest absolute Gasteiger partial charge is 0.356 e. The lowest BCUT2D eigenvalue weighted by Crippen LogP contribution is -2.40. The van der Waals surface area contributed by atoms with Gasteiger partial charge in [0.2, 0.25) is 6.41 Å². The van der Waals surface area contributed by atoms with E-state index in [1.165, 1.54) is 25.7 Å². The predicted octanol–water partition coefficient (Wildman–Crippen LogP) is 0.796. The van der Waals surface area contributed by atoms with E-state index in [1.807, 2.05) is 0 Å². The maximum atomic E-state index is 10.2. The molecule has 0 aromatic carbocycles. The lowest BCUT2D eigenvalue weighted by atomic mass is 9.91. The molecule has 2 fully saturated rings. The summed E-state index contributed by atoms with van der Waals surface area (Å²) in [5.41, 5.74) is 0. The normalized spacial score (nSPS) is 34.2. The molecule has 2 saturated carbocycles. The Morgan fingerprint density at radius 3 is 1.77 bits per heavy atom. The number of carbonyl (C=O) groups excluding carboxylic acids is 1. The number of rotatable bonds is 4. The summed E-state index contributed by atoms with van der Waals surface area (Å²) >= 11 is 0. The zero-order valence-corrected chi connectivity index (χ0v) is 7.96. The Kier molecular flexibility index (Phi) is 2.83. The first kappa shape index (κ1) is 9.00. The summed E-state index contributed by atoms with van der Waals surface area (Å²) in [6.45, 7) is 0. The van der Waals surface area contributed by atoms with E-state index in [9.17, 15) is 4.79 Å². The van der Waals surface area contributed by atoms with Gasteiger partial charge in [0.1, 0.15) is 0 Å². The van der Waals surface area contributed by atoms with E-state index in [0.29, 0.717) is 6.04 Å². The summed E-state index contributed by atoms with van der Waals surface area (Å²) in [5.74, 6) is 0. The van der Waals surface area contributed by atoms with Crippen molar-refractivity contribution >= 4 is 6.41 Å². The molecule has 0 aromatic rings. The molecule has 0 heterocycles. The molecule has 2 rings (SSSR count). The van der Waals surface area contributed by atoms with Gasteiger partial charge in [0.15, 0.2) is 0 Å². The molecule has 1 amide bonds. The van der Waals surface area contributed by atoms with Crippen LogP contribution in [0.1, 0.15) is 38.5 Å². The Balaban J connectivity index is 1.65. The minimum absolute atomic E-state index is 0.440. The molecule has 2 aliphatic carbocycles. The quantitative estimate of drug-likeness (QED) is 0.631. The van der Waals surface area contributed by atoms with Gasteiger partial charge in [-0.25, -0.2) is 0 Å². The summed E-state index contributed by atoms with van der Waals surface area (Å²) < 4.78 is 0. The van der Waals surface area contributed by atoms with Crippen LogP contribution in [0.5, 0.6) is 0 Å². The maximum absolute atomic E-state index is 10.2. The molecule has 3 nitrogen and oxygen atoms in total. The molecule has 13 heavy (non-hydrogen) atoms. The second kappa shape index (κ2) is 4.09. The zero-order valence-electron chi connectivity index (χ0n) is 7.96. The average Bonchev–Trinajstić information content (AvgIpc) is 2.93. The summed E-state index contributed by atoms with van der Waals surface area (Å²) in [7, 11) is 0. The Labute approximate surface area is 79.3 Å². The number of hydrogen-bond acceptors (Lipinski definition) is 2. The summed E-state index contributed by atoms with van der Waals surface area (Å²) in [6, 6.07) is 1.98. The topological polar surface area (TPSA) is 41.1 Å². The molecular weight excluding hydrogens is 164 g/mol. The first-order chi connectivity index (χ1) is 6.38. The molecule has 0 aromatic heterocycles. The number of nitrogens with one attached hydrogen (secondary N) is 2. The van der Waals surface area contributed by atoms with Gasteiger partial charge in [-0.15, -0.1) is 0 Å². The molecule has 0 unspecified atom stereocenters. The van der Waals surface area contributed by atoms with Crippen LogP contribution in [0.3, 0.4) is 0 Å². The molecule has 0 saturated heterocycles. The first-order valence-corrected chi connectivity index (χ1v) is 5.34. The van der Waals surface area contributed by atoms with E-state index < -0.39 is 0 Å². The average molecular weight is 182 g/mol. The van der Waals surface area contributed by atoms with E-state index in [4.69, 9.17) is 0 Å². The van der Waals surface area contributed by atoms with Crippen molar-refractivity contribution in [3.63, 3.8) is 0 Å². The Bertz CT molecular complexity index is 172. The van der Waals surface area contributed by atoms with E-state index in [2.05, 4.69) is 10.6 Å². The van der Waals surface area contributed by atoms with E-state index >= 15 is 0 Å². The molecule has 0 spiro atoms. The van der Waals surface area contributed by atoms with Gasteiger partial charge >= 0.3 is 0 Å². The SMILES string of the molecule is O=CNC1CCC(NC2CC2)CC1. The molecule has 0 aliphatic heterocycles. The van der Waals surface area contributed by atoms with Gasteiger partial charge in [-0.3, -0.25) is 4.79 Å². The number of carbonyl (C=O) groups is 1. The Morgan fingerprint density at radius 1 is 0.846 bits per heavy atom. The van der Waals surface area contributed by atoms with E-state index in [0.717, 1.165) is 31.3 Å². The van der Waals surface area contributed by atoms with Gasteiger partial charge in [0.05, 0.1) is 0 Å². The highest BCUT2D eigenvalue weighted by Crippen LogP contribution is 2.24. The van der Waals surface area contributed by atoms with Crippen LogP contribution in [0, 0.1) is 0 Å². The maximum Gasteiger partial charge on any atom is 0.207 e. The minimum Gasteiger partial charge on any atom is -0.356 e. The van der Waals surface area contributed by atoms with E-state index in [1.54, 1.807) is 0 Å². The van der Waals surface area contributed by atoms with Gasteiger partial charge in [-0.1, -0.05) is 0 Å². The molecular formula is C10H18N2O. The van der Waals surface area contributed by atoms with Crippen molar-refractivity contribution in [3.05, 3.63) is 0 Å². The third-order valence-electron chi connectivity index (χ3n) is 3.08. The van der Waals surface area contributed by atoms with Crippen LogP contribution in [0.25, 0.3) is 0 Å². The second-order valence-electron chi connectivity index (χ2n) is 4.27. The highest BCUT2D eigenvalue weighted by Gasteiger charge is 2.27. The van der Waals surface area contributed by atoms with Gasteiger partial charge in [-0.2, -0.15) is 0 Å². The van der Waals surface area contributed by atoms with Gasteiger partial charge in [-0.05, 0) is 38.5 Å². The second-order valence-corrected chi connectivity index (χ2v) is 4.27. The lowest BCUT2D eigenvalue weighted by Gasteiger charge is -2.28. The fourth-order valence-electron chi connectivity index (χ4n) is 2.11. The number of hydrogen-bond donors (Lipinski definition) is 2. The van der Waals surface area contributed by atoms with Gasteiger partial charge in [0, 0.05) is 18.1 Å². The molecule has 0 bridgehead atoms. The van der Waals surface area contributed by atoms with Crippen LogP contribution in [0.15, 0.2) is 0 Å². The van der Waals surface area contributed by atoms with Crippen LogP contribution >= 0.6 is 0 Å². The molecule has 74 valence electrons. The smallest absolute Gasteiger partial charge is 0.207 e. The third-order valence-corrected chi connectivity index (χ3v) is 3.08. The molecule has 3 heteroatoms. The summed E-state index contributed by atoms with van der Waals surface area (Å²) in [5, 5.41) is 6.50. The van der Waals surface area contributed by atoms with Crippen LogP contribution < -0.4 is 10.6 Å². The monoisotopic (exact) mass is 182 g/mol. The zero-order chi connectivity index (χ0) is 9.10. The Morgan fingerprint density at radius 2 is 1.31 bits per heavy atom. The van der Waals surface area contributed by atoms with E-state index in [-0.39, 0.29) is 0 Å². The summed E-state index contributed by atoms with van der Waals surface area (Å²) in [4.78, 5) is 10.2. The Hall–Kier alpha value is -0.570. The van der Waals surface area contributed by atoms with Crippen molar-refractivity contribution in [3.8, 4) is 0 Å². The van der Waals surface area contributed by atoms with Crippen molar-refractivity contribution in [2.75, 3.05) is 0 Å². The molecule has 0 atom stereocenters. The van der Waals surface area contributed by atoms with Crippen molar-refractivity contribution < 1.29 is 4.79 Å². The molecule has 2 N–H and O–H groups in total. The third kappa shape index (κ3) is 2.69. The van der Waals surface area contributed by atoms with Crippen LogP contribution in [-0.2, 0) is 4.79 Å². The standard InChI is InChI=1S/C10H18N2O/c13-7-11-8-1-3-9(4-2-8)12-10-5-6-10/h7-10,12H,1-6H2,(H,11,13). The lowest BCUT2D eigenvalue weighted by molar-refractivity contribution is -0.110. The fourth-order valence-corrected chi connectivity index (χ4v) is 2.11. The van der Waals surface area contributed by atoms with Crippen molar-refractivity contribution in [1.82, 2.24) is 10.6 Å². The number of amides is 1. The first-order valence-electron chi connectivity index (χ1n) is 5.34. The van der Waals surface area contributed by atoms with Crippen molar-refractivity contribution in [2.45, 2.75) is 56.7 Å². The minimum atomic E-state index is 0.440. The van der Waals surface area contributed by atoms with Crippen LogP contribution in [0.4, 0.5) is 0 Å². The fraction of sp³-hybridized carbons (Fsp3) is 0.900. The molecule has 0 radical (unpaired) electrons.